The van der Waals surface area contributed by atoms with Crippen LogP contribution in [0.4, 0.5) is 0 Å². The number of carbonyl (C=O) groups is 1. The maximum Gasteiger partial charge on any atom is 0.241 e. The number of furan rings is 2. The van der Waals surface area contributed by atoms with Crippen LogP contribution in [-0.4, -0.2) is 36.8 Å². The van der Waals surface area contributed by atoms with Gasteiger partial charge in [0.25, 0.3) is 0 Å². The van der Waals surface area contributed by atoms with Crippen LogP contribution in [0, 0.1) is 12.8 Å². The molecule has 0 aliphatic heterocycles. The van der Waals surface area contributed by atoms with E-state index in [4.69, 9.17) is 8.83 Å². The molecule has 8 nitrogen and oxygen atoms in total. The van der Waals surface area contributed by atoms with E-state index in [1.165, 1.54) is 23.7 Å². The van der Waals surface area contributed by atoms with Crippen LogP contribution in [0.1, 0.15) is 30.1 Å². The average molecular weight is 552 g/mol. The minimum absolute atomic E-state index is 0.0695. The first kappa shape index (κ1) is 26.1. The van der Waals surface area contributed by atoms with E-state index in [2.05, 4.69) is 9.71 Å². The van der Waals surface area contributed by atoms with Gasteiger partial charge in [-0.25, -0.2) is 13.4 Å². The Bertz CT molecular complexity index is 1680. The third kappa shape index (κ3) is 5.82. The minimum atomic E-state index is -4.03. The fourth-order valence-electron chi connectivity index (χ4n) is 4.50. The third-order valence-electron chi connectivity index (χ3n) is 6.20. The van der Waals surface area contributed by atoms with Gasteiger partial charge in [-0.2, -0.15) is 4.72 Å². The maximum absolute atomic E-state index is 14.0. The lowest BCUT2D eigenvalue weighted by Crippen LogP contribution is -2.50. The molecule has 0 saturated heterocycles. The van der Waals surface area contributed by atoms with Gasteiger partial charge in [-0.05, 0) is 67.3 Å². The zero-order valence-electron chi connectivity index (χ0n) is 21.4. The van der Waals surface area contributed by atoms with E-state index >= 15 is 0 Å². The molecule has 0 radical (unpaired) electrons. The first-order valence-electron chi connectivity index (χ1n) is 12.3. The zero-order valence-corrected chi connectivity index (χ0v) is 23.0. The molecule has 1 N–H and O–H groups in total. The number of benzene rings is 2. The van der Waals surface area contributed by atoms with E-state index in [1.807, 2.05) is 50.4 Å². The second-order valence-electron chi connectivity index (χ2n) is 9.76. The molecule has 10 heteroatoms. The molecule has 1 atom stereocenters. The van der Waals surface area contributed by atoms with Crippen molar-refractivity contribution < 1.29 is 22.0 Å². The maximum atomic E-state index is 14.0. The summed E-state index contributed by atoms with van der Waals surface area (Å²) in [5, 5.41) is 4.40. The first-order valence-corrected chi connectivity index (χ1v) is 14.7. The van der Waals surface area contributed by atoms with Crippen molar-refractivity contribution in [1.29, 1.82) is 0 Å². The Balaban J connectivity index is 1.48. The van der Waals surface area contributed by atoms with E-state index in [1.54, 1.807) is 29.4 Å². The Hall–Kier alpha value is -3.47. The molecule has 198 valence electrons. The minimum Gasteiger partial charge on any atom is -0.464 e. The normalized spacial score (nSPS) is 12.9. The molecule has 0 spiro atoms. The molecular weight excluding hydrogens is 522 g/mol. The van der Waals surface area contributed by atoms with Crippen LogP contribution < -0.4 is 4.72 Å². The molecule has 2 aromatic carbocycles. The van der Waals surface area contributed by atoms with E-state index < -0.39 is 16.1 Å². The molecule has 0 aliphatic rings. The van der Waals surface area contributed by atoms with Crippen LogP contribution in [0.3, 0.4) is 0 Å². The molecule has 0 fully saturated rings. The van der Waals surface area contributed by atoms with Crippen molar-refractivity contribution in [2.24, 2.45) is 5.92 Å². The highest BCUT2D eigenvalue weighted by Crippen LogP contribution is 2.23. The van der Waals surface area contributed by atoms with Gasteiger partial charge >= 0.3 is 0 Å². The van der Waals surface area contributed by atoms with Gasteiger partial charge in [0.05, 0.1) is 34.7 Å². The van der Waals surface area contributed by atoms with Crippen molar-refractivity contribution >= 4 is 49.2 Å². The average Bonchev–Trinajstić information content (AvgIpc) is 3.62. The summed E-state index contributed by atoms with van der Waals surface area (Å²) < 4.78 is 40.6. The summed E-state index contributed by atoms with van der Waals surface area (Å²) in [6, 6.07) is 12.8. The first-order chi connectivity index (χ1) is 18.2. The molecule has 0 bridgehead atoms. The summed E-state index contributed by atoms with van der Waals surface area (Å²) >= 11 is 1.52. The van der Waals surface area contributed by atoms with Gasteiger partial charge in [-0.1, -0.05) is 19.9 Å². The van der Waals surface area contributed by atoms with Gasteiger partial charge in [0.1, 0.15) is 17.2 Å². The number of aryl methyl sites for hydroxylation is 1. The van der Waals surface area contributed by atoms with Crippen molar-refractivity contribution in [3.05, 3.63) is 82.7 Å². The van der Waals surface area contributed by atoms with Crippen molar-refractivity contribution in [2.75, 3.05) is 6.54 Å². The summed E-state index contributed by atoms with van der Waals surface area (Å²) in [4.78, 5) is 20.3. The zero-order chi connectivity index (χ0) is 26.9. The number of carbonyl (C=O) groups excluding carboxylic acids is 1. The SMILES string of the molecule is Cc1nc(CN(CC(C)C)C(=O)C(Cc2ccc3occc3c2)NS(=O)(=O)c2ccc3occc3c2)cs1. The Morgan fingerprint density at radius 3 is 2.37 bits per heavy atom. The van der Waals surface area contributed by atoms with Crippen LogP contribution in [0.2, 0.25) is 0 Å². The summed E-state index contributed by atoms with van der Waals surface area (Å²) in [7, 11) is -4.03. The van der Waals surface area contributed by atoms with E-state index in [0.717, 1.165) is 27.2 Å². The predicted octanol–water partition coefficient (Wildman–Crippen LogP) is 5.52. The van der Waals surface area contributed by atoms with Crippen molar-refractivity contribution in [1.82, 2.24) is 14.6 Å². The monoisotopic (exact) mass is 551 g/mol. The molecule has 5 aromatic rings. The fourth-order valence-corrected chi connectivity index (χ4v) is 6.32. The van der Waals surface area contributed by atoms with Crippen molar-refractivity contribution in [2.45, 2.75) is 44.7 Å². The topological polar surface area (TPSA) is 106 Å². The predicted molar refractivity (Wildman–Crippen MR) is 147 cm³/mol. The summed E-state index contributed by atoms with van der Waals surface area (Å²) in [6.45, 7) is 6.75. The van der Waals surface area contributed by atoms with Gasteiger partial charge < -0.3 is 13.7 Å². The second kappa shape index (κ2) is 10.7. The molecule has 0 aliphatic carbocycles. The van der Waals surface area contributed by atoms with Crippen LogP contribution in [0.5, 0.6) is 0 Å². The second-order valence-corrected chi connectivity index (χ2v) is 12.5. The number of hydrogen-bond acceptors (Lipinski definition) is 7. The molecule has 3 heterocycles. The van der Waals surface area contributed by atoms with Crippen LogP contribution >= 0.6 is 11.3 Å². The van der Waals surface area contributed by atoms with Crippen LogP contribution in [0.15, 0.2) is 80.2 Å². The molecular formula is C28H29N3O5S2. The Labute approximate surface area is 225 Å². The van der Waals surface area contributed by atoms with Gasteiger partial charge in [0.15, 0.2) is 0 Å². The Morgan fingerprint density at radius 2 is 1.71 bits per heavy atom. The number of fused-ring (bicyclic) bond motifs is 2. The number of rotatable bonds is 10. The van der Waals surface area contributed by atoms with Crippen LogP contribution in [0.25, 0.3) is 21.9 Å². The number of aromatic nitrogens is 1. The highest BCUT2D eigenvalue weighted by Gasteiger charge is 2.31. The number of hydrogen-bond donors (Lipinski definition) is 1. The summed E-state index contributed by atoms with van der Waals surface area (Å²) in [6.07, 6.45) is 3.29. The number of thiazole rings is 1. The Kier molecular flexibility index (Phi) is 7.38. The molecule has 1 unspecified atom stereocenters. The standard InChI is InChI=1S/C28H29N3O5S2/c1-18(2)15-31(16-23-17-37-19(3)29-23)28(32)25(13-20-4-6-26-21(12-20)8-10-35-26)30-38(33,34)24-5-7-27-22(14-24)9-11-36-27/h4-12,14,17-18,25,30H,13,15-16H2,1-3H3. The summed E-state index contributed by atoms with van der Waals surface area (Å²) in [5.41, 5.74) is 2.92. The highest BCUT2D eigenvalue weighted by molar-refractivity contribution is 7.89. The smallest absolute Gasteiger partial charge is 0.241 e. The van der Waals surface area contributed by atoms with E-state index in [-0.39, 0.29) is 23.1 Å². The van der Waals surface area contributed by atoms with Crippen molar-refractivity contribution in [3.8, 4) is 0 Å². The lowest BCUT2D eigenvalue weighted by molar-refractivity contribution is -0.134. The summed E-state index contributed by atoms with van der Waals surface area (Å²) in [5.74, 6) is -0.119. The largest absolute Gasteiger partial charge is 0.464 e. The lowest BCUT2D eigenvalue weighted by atomic mass is 10.0. The van der Waals surface area contributed by atoms with Gasteiger partial charge in [-0.3, -0.25) is 4.79 Å². The number of nitrogens with zero attached hydrogens (tertiary/aromatic N) is 2. The number of amides is 1. The van der Waals surface area contributed by atoms with Gasteiger partial charge in [0.2, 0.25) is 15.9 Å². The molecule has 1 amide bonds. The fraction of sp³-hybridized carbons (Fsp3) is 0.286. The Morgan fingerprint density at radius 1 is 1.03 bits per heavy atom. The van der Waals surface area contributed by atoms with Gasteiger partial charge in [0, 0.05) is 22.7 Å². The quantitative estimate of drug-likeness (QED) is 0.245. The molecule has 0 saturated carbocycles. The van der Waals surface area contributed by atoms with Gasteiger partial charge in [-0.15, -0.1) is 11.3 Å². The molecule has 5 rings (SSSR count). The lowest BCUT2D eigenvalue weighted by Gasteiger charge is -2.29. The number of nitrogens with one attached hydrogen (secondary N) is 1. The highest BCUT2D eigenvalue weighted by atomic mass is 32.2. The van der Waals surface area contributed by atoms with Crippen LogP contribution in [-0.2, 0) is 27.8 Å². The molecule has 3 aromatic heterocycles. The van der Waals surface area contributed by atoms with Crippen molar-refractivity contribution in [3.63, 3.8) is 0 Å². The molecule has 38 heavy (non-hydrogen) atoms. The van der Waals surface area contributed by atoms with E-state index in [0.29, 0.717) is 24.1 Å². The number of sulfonamides is 1. The third-order valence-corrected chi connectivity index (χ3v) is 8.49. The van der Waals surface area contributed by atoms with E-state index in [9.17, 15) is 13.2 Å².